The molecular formula is C25H25N5O2. The monoisotopic (exact) mass is 427 g/mol. The summed E-state index contributed by atoms with van der Waals surface area (Å²) in [6.07, 6.45) is 3.79. The van der Waals surface area contributed by atoms with E-state index in [9.17, 15) is 9.59 Å². The molecule has 1 saturated carbocycles. The summed E-state index contributed by atoms with van der Waals surface area (Å²) < 4.78 is 2.97. The molecule has 0 bridgehead atoms. The maximum absolute atomic E-state index is 13.5. The molecule has 7 nitrogen and oxygen atoms in total. The number of nitrogens with zero attached hydrogens (tertiary/aromatic N) is 4. The third kappa shape index (κ3) is 3.70. The number of rotatable bonds is 5. The van der Waals surface area contributed by atoms with Crippen molar-refractivity contribution in [3.63, 3.8) is 0 Å². The highest BCUT2D eigenvalue weighted by Gasteiger charge is 2.30. The zero-order valence-corrected chi connectivity index (χ0v) is 18.4. The Morgan fingerprint density at radius 1 is 1.09 bits per heavy atom. The number of anilines is 1. The lowest BCUT2D eigenvalue weighted by Crippen LogP contribution is -2.31. The van der Waals surface area contributed by atoms with Crippen LogP contribution in [0.2, 0.25) is 0 Å². The fraction of sp³-hybridized carbons (Fsp3) is 0.280. The molecule has 4 aromatic rings. The zero-order valence-electron chi connectivity index (χ0n) is 18.4. The second-order valence-electron chi connectivity index (χ2n) is 8.65. The molecule has 2 aromatic carbocycles. The van der Waals surface area contributed by atoms with Gasteiger partial charge in [-0.05, 0) is 62.9 Å². The van der Waals surface area contributed by atoms with E-state index in [1.165, 1.54) is 4.68 Å². The Morgan fingerprint density at radius 2 is 1.88 bits per heavy atom. The molecule has 32 heavy (non-hydrogen) atoms. The van der Waals surface area contributed by atoms with Crippen molar-refractivity contribution in [3.05, 3.63) is 81.4 Å². The molecule has 1 amide bonds. The van der Waals surface area contributed by atoms with Crippen molar-refractivity contribution >= 4 is 22.5 Å². The second kappa shape index (κ2) is 7.75. The summed E-state index contributed by atoms with van der Waals surface area (Å²) in [5.41, 5.74) is 5.78. The van der Waals surface area contributed by atoms with E-state index in [1.54, 1.807) is 10.9 Å². The maximum Gasteiger partial charge on any atom is 0.293 e. The van der Waals surface area contributed by atoms with Gasteiger partial charge in [-0.3, -0.25) is 9.59 Å². The summed E-state index contributed by atoms with van der Waals surface area (Å²) in [6, 6.07) is 13.6. The predicted molar refractivity (Wildman–Crippen MR) is 124 cm³/mol. The Kier molecular flexibility index (Phi) is 4.89. The van der Waals surface area contributed by atoms with Gasteiger partial charge in [0.2, 0.25) is 5.91 Å². The van der Waals surface area contributed by atoms with E-state index < -0.39 is 0 Å². The molecule has 2 aromatic heterocycles. The summed E-state index contributed by atoms with van der Waals surface area (Å²) in [5.74, 6) is 0.0184. The number of fused-ring (bicyclic) bond motifs is 1. The van der Waals surface area contributed by atoms with Gasteiger partial charge in [-0.15, -0.1) is 0 Å². The molecule has 5 rings (SSSR count). The van der Waals surface area contributed by atoms with E-state index in [0.29, 0.717) is 17.1 Å². The lowest BCUT2D eigenvalue weighted by molar-refractivity contribution is -0.117. The van der Waals surface area contributed by atoms with Gasteiger partial charge in [0.05, 0.1) is 17.6 Å². The first kappa shape index (κ1) is 20.2. The normalized spacial score (nSPS) is 13.5. The summed E-state index contributed by atoms with van der Waals surface area (Å²) in [6.45, 7) is 5.85. The largest absolute Gasteiger partial charge is 0.324 e. The highest BCUT2D eigenvalue weighted by molar-refractivity contribution is 5.91. The average Bonchev–Trinajstić information content (AvgIpc) is 3.49. The van der Waals surface area contributed by atoms with Gasteiger partial charge in [0, 0.05) is 17.0 Å². The van der Waals surface area contributed by atoms with Gasteiger partial charge in [-0.1, -0.05) is 29.8 Å². The Labute approximate surface area is 185 Å². The smallest absolute Gasteiger partial charge is 0.293 e. The minimum atomic E-state index is -0.318. The molecule has 1 aliphatic rings. The predicted octanol–water partition coefficient (Wildman–Crippen LogP) is 4.02. The molecule has 1 aliphatic carbocycles. The number of hydrogen-bond acceptors (Lipinski definition) is 4. The van der Waals surface area contributed by atoms with Gasteiger partial charge in [0.25, 0.3) is 5.56 Å². The van der Waals surface area contributed by atoms with E-state index in [-0.39, 0.29) is 18.0 Å². The topological polar surface area (TPSA) is 81.8 Å². The van der Waals surface area contributed by atoms with E-state index in [0.717, 1.165) is 46.3 Å². The van der Waals surface area contributed by atoms with Crippen LogP contribution in [0.5, 0.6) is 0 Å². The fourth-order valence-electron chi connectivity index (χ4n) is 4.14. The van der Waals surface area contributed by atoms with Crippen LogP contribution in [0, 0.1) is 20.8 Å². The Balaban J connectivity index is 1.58. The number of amides is 1. The lowest BCUT2D eigenvalue weighted by Gasteiger charge is -2.12. The molecule has 0 radical (unpaired) electrons. The number of carbonyl (C=O) groups is 1. The minimum absolute atomic E-state index is 0.152. The summed E-state index contributed by atoms with van der Waals surface area (Å²) in [5, 5.41) is 12.8. The van der Waals surface area contributed by atoms with Gasteiger partial charge in [-0.25, -0.2) is 9.36 Å². The first-order valence-electron chi connectivity index (χ1n) is 10.8. The van der Waals surface area contributed by atoms with Crippen molar-refractivity contribution in [1.29, 1.82) is 0 Å². The highest BCUT2D eigenvalue weighted by atomic mass is 16.2. The lowest BCUT2D eigenvalue weighted by atomic mass is 10.1. The first-order chi connectivity index (χ1) is 15.4. The van der Waals surface area contributed by atoms with Crippen LogP contribution in [0.4, 0.5) is 5.69 Å². The Hall–Kier alpha value is -3.74. The molecule has 0 atom stereocenters. The van der Waals surface area contributed by atoms with Gasteiger partial charge in [-0.2, -0.15) is 10.2 Å². The molecule has 1 fully saturated rings. The van der Waals surface area contributed by atoms with Crippen molar-refractivity contribution in [2.45, 2.75) is 46.1 Å². The van der Waals surface area contributed by atoms with Crippen LogP contribution in [-0.2, 0) is 11.3 Å². The van der Waals surface area contributed by atoms with Crippen LogP contribution in [0.3, 0.4) is 0 Å². The van der Waals surface area contributed by atoms with Crippen molar-refractivity contribution < 1.29 is 4.79 Å². The minimum Gasteiger partial charge on any atom is -0.324 e. The summed E-state index contributed by atoms with van der Waals surface area (Å²) in [7, 11) is 0. The van der Waals surface area contributed by atoms with Gasteiger partial charge < -0.3 is 5.32 Å². The number of aryl methyl sites for hydroxylation is 3. The van der Waals surface area contributed by atoms with E-state index in [4.69, 9.17) is 0 Å². The standard InChI is InChI=1S/C25H25N5O2/c1-15-5-4-6-19(12-15)27-22(31)14-29-25(32)24-20(23(28-29)18-8-9-18)13-26-30(24)21-10-7-16(2)11-17(21)3/h4-7,10-13,18H,8-9,14H2,1-3H3,(H,27,31). The third-order valence-corrected chi connectivity index (χ3v) is 5.85. The maximum atomic E-state index is 13.5. The van der Waals surface area contributed by atoms with Crippen LogP contribution in [0.15, 0.2) is 53.5 Å². The quantitative estimate of drug-likeness (QED) is 0.521. The zero-order chi connectivity index (χ0) is 22.4. The molecule has 2 heterocycles. The highest BCUT2D eigenvalue weighted by Crippen LogP contribution is 2.41. The van der Waals surface area contributed by atoms with Crippen LogP contribution in [0.25, 0.3) is 16.6 Å². The van der Waals surface area contributed by atoms with Crippen LogP contribution in [0.1, 0.15) is 41.1 Å². The third-order valence-electron chi connectivity index (χ3n) is 5.85. The van der Waals surface area contributed by atoms with Crippen LogP contribution in [-0.4, -0.2) is 25.5 Å². The van der Waals surface area contributed by atoms with E-state index >= 15 is 0 Å². The van der Waals surface area contributed by atoms with Crippen LogP contribution >= 0.6 is 0 Å². The molecule has 0 aliphatic heterocycles. The number of hydrogen-bond donors (Lipinski definition) is 1. The number of nitrogens with one attached hydrogen (secondary N) is 1. The molecule has 0 saturated heterocycles. The summed E-state index contributed by atoms with van der Waals surface area (Å²) in [4.78, 5) is 26.2. The second-order valence-corrected chi connectivity index (χ2v) is 8.65. The first-order valence-corrected chi connectivity index (χ1v) is 10.8. The number of aromatic nitrogens is 4. The molecule has 7 heteroatoms. The molecular weight excluding hydrogens is 402 g/mol. The Morgan fingerprint density at radius 3 is 2.59 bits per heavy atom. The van der Waals surface area contributed by atoms with Crippen LogP contribution < -0.4 is 10.9 Å². The van der Waals surface area contributed by atoms with Gasteiger partial charge in [0.1, 0.15) is 12.1 Å². The van der Waals surface area contributed by atoms with E-state index in [2.05, 4.69) is 21.6 Å². The summed E-state index contributed by atoms with van der Waals surface area (Å²) >= 11 is 0. The van der Waals surface area contributed by atoms with Crippen molar-refractivity contribution in [2.75, 3.05) is 5.32 Å². The van der Waals surface area contributed by atoms with Crippen molar-refractivity contribution in [1.82, 2.24) is 19.6 Å². The number of carbonyl (C=O) groups excluding carboxylic acids is 1. The molecule has 162 valence electrons. The van der Waals surface area contributed by atoms with Gasteiger partial charge in [0.15, 0.2) is 0 Å². The van der Waals surface area contributed by atoms with Crippen molar-refractivity contribution in [3.8, 4) is 5.69 Å². The number of benzene rings is 2. The Bertz CT molecular complexity index is 1410. The SMILES string of the molecule is Cc1cccc(NC(=O)Cn2nc(C3CC3)c3cnn(-c4ccc(C)cc4C)c3c2=O)c1. The average molecular weight is 428 g/mol. The fourth-order valence-corrected chi connectivity index (χ4v) is 4.14. The van der Waals surface area contributed by atoms with Gasteiger partial charge >= 0.3 is 0 Å². The molecule has 0 spiro atoms. The van der Waals surface area contributed by atoms with E-state index in [1.807, 2.05) is 57.2 Å². The van der Waals surface area contributed by atoms with Crippen molar-refractivity contribution in [2.24, 2.45) is 0 Å². The molecule has 1 N–H and O–H groups in total. The molecule has 0 unspecified atom stereocenters.